The van der Waals surface area contributed by atoms with Gasteiger partial charge in [0.1, 0.15) is 11.0 Å². The van der Waals surface area contributed by atoms with Crippen molar-refractivity contribution in [1.82, 2.24) is 14.5 Å². The van der Waals surface area contributed by atoms with Crippen molar-refractivity contribution in [2.45, 2.75) is 19.9 Å². The van der Waals surface area contributed by atoms with Crippen molar-refractivity contribution in [3.8, 4) is 17.5 Å². The summed E-state index contributed by atoms with van der Waals surface area (Å²) in [7, 11) is 1.63. The van der Waals surface area contributed by atoms with Gasteiger partial charge in [0.2, 0.25) is 0 Å². The first-order valence-electron chi connectivity index (χ1n) is 10.4. The second-order valence-corrected chi connectivity index (χ2v) is 8.30. The lowest BCUT2D eigenvalue weighted by Crippen LogP contribution is -2.22. The standard InChI is InChI=1S/C25H20ClN5O3/c1-13-10-17(14(2)28-19-8-9-20(26)29-22(19)25(33)34)21-18(11-13)24(32)31(3)23(30-21)16-7-5-4-6-15(16)12-27/h4-11,14,28H,1-3H3,(H,33,34). The summed E-state index contributed by atoms with van der Waals surface area (Å²) < 4.78 is 1.44. The van der Waals surface area contributed by atoms with Crippen LogP contribution in [-0.4, -0.2) is 25.6 Å². The summed E-state index contributed by atoms with van der Waals surface area (Å²) in [4.78, 5) is 33.7. The maximum atomic E-state index is 13.3. The number of nitrogens with one attached hydrogen (secondary N) is 1. The molecule has 0 fully saturated rings. The Hall–Kier alpha value is -4.22. The van der Waals surface area contributed by atoms with E-state index in [1.165, 1.54) is 10.6 Å². The Morgan fingerprint density at radius 1 is 1.21 bits per heavy atom. The van der Waals surface area contributed by atoms with Crippen molar-refractivity contribution < 1.29 is 9.90 Å². The Balaban J connectivity index is 1.92. The second-order valence-electron chi connectivity index (χ2n) is 7.91. The van der Waals surface area contributed by atoms with Crippen LogP contribution in [0.5, 0.6) is 0 Å². The van der Waals surface area contributed by atoms with Crippen molar-refractivity contribution in [2.24, 2.45) is 7.05 Å². The minimum atomic E-state index is -1.21. The summed E-state index contributed by atoms with van der Waals surface area (Å²) in [5.74, 6) is -0.847. The molecule has 0 aliphatic heterocycles. The van der Waals surface area contributed by atoms with Crippen LogP contribution in [0, 0.1) is 18.3 Å². The van der Waals surface area contributed by atoms with E-state index >= 15 is 0 Å². The first-order chi connectivity index (χ1) is 16.2. The van der Waals surface area contributed by atoms with Crippen molar-refractivity contribution >= 4 is 34.2 Å². The normalized spacial score (nSPS) is 11.7. The summed E-state index contributed by atoms with van der Waals surface area (Å²) in [5, 5.41) is 22.7. The number of carboxylic acids is 1. The number of carbonyl (C=O) groups is 1. The van der Waals surface area contributed by atoms with E-state index in [9.17, 15) is 20.0 Å². The van der Waals surface area contributed by atoms with Crippen LogP contribution in [0.2, 0.25) is 5.15 Å². The zero-order chi connectivity index (χ0) is 24.6. The van der Waals surface area contributed by atoms with E-state index in [1.54, 1.807) is 43.4 Å². The third-order valence-electron chi connectivity index (χ3n) is 5.54. The van der Waals surface area contributed by atoms with Gasteiger partial charge in [-0.1, -0.05) is 29.8 Å². The summed E-state index contributed by atoms with van der Waals surface area (Å²) in [6, 6.07) is 15.4. The molecule has 0 bridgehead atoms. The van der Waals surface area contributed by atoms with Gasteiger partial charge in [0.15, 0.2) is 5.69 Å². The van der Waals surface area contributed by atoms with Crippen LogP contribution in [0.15, 0.2) is 53.3 Å². The third kappa shape index (κ3) is 4.09. The predicted molar refractivity (Wildman–Crippen MR) is 130 cm³/mol. The molecule has 0 saturated carbocycles. The number of carboxylic acid groups (broad SMARTS) is 1. The maximum Gasteiger partial charge on any atom is 0.356 e. The zero-order valence-electron chi connectivity index (χ0n) is 18.6. The minimum Gasteiger partial charge on any atom is -0.476 e. The third-order valence-corrected chi connectivity index (χ3v) is 5.76. The molecular formula is C25H20ClN5O3. The second kappa shape index (κ2) is 8.96. The number of aromatic carboxylic acids is 1. The van der Waals surface area contributed by atoms with Crippen LogP contribution in [0.25, 0.3) is 22.3 Å². The number of halogens is 1. The minimum absolute atomic E-state index is 0.0718. The molecule has 2 N–H and O–H groups in total. The number of hydrogen-bond donors (Lipinski definition) is 2. The van der Waals surface area contributed by atoms with Gasteiger partial charge >= 0.3 is 5.97 Å². The number of rotatable bonds is 5. The van der Waals surface area contributed by atoms with E-state index in [1.807, 2.05) is 19.9 Å². The summed E-state index contributed by atoms with van der Waals surface area (Å²) in [5.41, 5.74) is 2.82. The topological polar surface area (TPSA) is 121 Å². The van der Waals surface area contributed by atoms with Crippen LogP contribution in [0.1, 0.15) is 40.1 Å². The summed E-state index contributed by atoms with van der Waals surface area (Å²) in [6.07, 6.45) is 0. The molecule has 170 valence electrons. The van der Waals surface area contributed by atoms with Gasteiger partial charge in [0.25, 0.3) is 5.56 Å². The molecule has 0 radical (unpaired) electrons. The van der Waals surface area contributed by atoms with E-state index in [4.69, 9.17) is 16.6 Å². The van der Waals surface area contributed by atoms with Gasteiger partial charge in [-0.25, -0.2) is 14.8 Å². The number of aromatic nitrogens is 3. The monoisotopic (exact) mass is 473 g/mol. The summed E-state index contributed by atoms with van der Waals surface area (Å²) >= 11 is 5.87. The number of hydrogen-bond acceptors (Lipinski definition) is 6. The molecule has 2 aromatic heterocycles. The van der Waals surface area contributed by atoms with Gasteiger partial charge in [0, 0.05) is 18.2 Å². The van der Waals surface area contributed by atoms with Gasteiger partial charge in [-0.05, 0) is 49.7 Å². The molecule has 8 nitrogen and oxygen atoms in total. The fraction of sp³-hybridized carbons (Fsp3) is 0.160. The predicted octanol–water partition coefficient (Wildman–Crippen LogP) is 4.70. The average molecular weight is 474 g/mol. The first kappa shape index (κ1) is 23.0. The van der Waals surface area contributed by atoms with Crippen molar-refractivity contribution in [1.29, 1.82) is 5.26 Å². The van der Waals surface area contributed by atoms with Gasteiger partial charge in [-0.15, -0.1) is 0 Å². The van der Waals surface area contributed by atoms with Crippen LogP contribution in [0.3, 0.4) is 0 Å². The quantitative estimate of drug-likeness (QED) is 0.403. The molecule has 2 heterocycles. The molecule has 9 heteroatoms. The van der Waals surface area contributed by atoms with E-state index in [0.29, 0.717) is 33.4 Å². The number of fused-ring (bicyclic) bond motifs is 1. The maximum absolute atomic E-state index is 13.3. The lowest BCUT2D eigenvalue weighted by Gasteiger charge is -2.20. The smallest absolute Gasteiger partial charge is 0.356 e. The van der Waals surface area contributed by atoms with Gasteiger partial charge in [-0.3, -0.25) is 9.36 Å². The lowest BCUT2D eigenvalue weighted by molar-refractivity contribution is 0.0691. The van der Waals surface area contributed by atoms with Crippen molar-refractivity contribution in [3.05, 3.63) is 86.4 Å². The number of nitrogens with zero attached hydrogens (tertiary/aromatic N) is 4. The number of nitriles is 1. The molecule has 1 unspecified atom stereocenters. The van der Waals surface area contributed by atoms with Crippen LogP contribution in [-0.2, 0) is 7.05 Å². The highest BCUT2D eigenvalue weighted by Gasteiger charge is 2.20. The highest BCUT2D eigenvalue weighted by molar-refractivity contribution is 6.29. The average Bonchev–Trinajstić information content (AvgIpc) is 2.82. The molecule has 0 aliphatic carbocycles. The SMILES string of the molecule is Cc1cc(C(C)Nc2ccc(Cl)nc2C(=O)O)c2nc(-c3ccccc3C#N)n(C)c(=O)c2c1. The summed E-state index contributed by atoms with van der Waals surface area (Å²) in [6.45, 7) is 3.72. The first-order valence-corrected chi connectivity index (χ1v) is 10.8. The molecule has 34 heavy (non-hydrogen) atoms. The van der Waals surface area contributed by atoms with E-state index in [0.717, 1.165) is 5.56 Å². The fourth-order valence-corrected chi connectivity index (χ4v) is 4.07. The number of aryl methyl sites for hydroxylation is 1. The number of benzene rings is 2. The molecule has 0 spiro atoms. The highest BCUT2D eigenvalue weighted by atomic mass is 35.5. The van der Waals surface area contributed by atoms with E-state index in [-0.39, 0.29) is 22.1 Å². The Morgan fingerprint density at radius 3 is 2.65 bits per heavy atom. The molecule has 0 amide bonds. The number of pyridine rings is 1. The Bertz CT molecular complexity index is 1560. The molecule has 0 aliphatic rings. The van der Waals surface area contributed by atoms with Crippen LogP contribution < -0.4 is 10.9 Å². The van der Waals surface area contributed by atoms with E-state index < -0.39 is 12.0 Å². The molecular weight excluding hydrogens is 454 g/mol. The molecule has 4 aromatic rings. The lowest BCUT2D eigenvalue weighted by atomic mass is 10.00. The molecule has 0 saturated heterocycles. The van der Waals surface area contributed by atoms with E-state index in [2.05, 4.69) is 16.4 Å². The van der Waals surface area contributed by atoms with Crippen LogP contribution >= 0.6 is 11.6 Å². The van der Waals surface area contributed by atoms with Gasteiger partial charge in [-0.2, -0.15) is 5.26 Å². The molecule has 2 aromatic carbocycles. The van der Waals surface area contributed by atoms with Gasteiger partial charge in [0.05, 0.1) is 34.3 Å². The zero-order valence-corrected chi connectivity index (χ0v) is 19.4. The Labute approximate surface area is 200 Å². The fourth-order valence-electron chi connectivity index (χ4n) is 3.92. The van der Waals surface area contributed by atoms with Crippen molar-refractivity contribution in [2.75, 3.05) is 5.32 Å². The van der Waals surface area contributed by atoms with Crippen molar-refractivity contribution in [3.63, 3.8) is 0 Å². The Kier molecular flexibility index (Phi) is 6.05. The molecule has 4 rings (SSSR count). The number of anilines is 1. The van der Waals surface area contributed by atoms with Gasteiger partial charge < -0.3 is 10.4 Å². The molecule has 1 atom stereocenters. The van der Waals surface area contributed by atoms with Crippen LogP contribution in [0.4, 0.5) is 5.69 Å². The largest absolute Gasteiger partial charge is 0.476 e. The Morgan fingerprint density at radius 2 is 1.94 bits per heavy atom. The highest BCUT2D eigenvalue weighted by Crippen LogP contribution is 2.30.